The maximum atomic E-state index is 6.08. The first-order chi connectivity index (χ1) is 8.63. The molecule has 0 aromatic carbocycles. The Balaban J connectivity index is 2.51. The summed E-state index contributed by atoms with van der Waals surface area (Å²) in [5.41, 5.74) is 0.805. The lowest BCUT2D eigenvalue weighted by molar-refractivity contribution is 0.108. The third-order valence-corrected chi connectivity index (χ3v) is 2.60. The van der Waals surface area contributed by atoms with E-state index in [2.05, 4.69) is 24.1 Å². The van der Waals surface area contributed by atoms with E-state index >= 15 is 0 Å². The minimum Gasteiger partial charge on any atom is -0.475 e. The lowest BCUT2D eigenvalue weighted by Crippen LogP contribution is -2.22. The predicted molar refractivity (Wildman–Crippen MR) is 73.2 cm³/mol. The largest absolute Gasteiger partial charge is 0.475 e. The van der Waals surface area contributed by atoms with Gasteiger partial charge in [0.15, 0.2) is 0 Å². The van der Waals surface area contributed by atoms with Crippen LogP contribution in [0, 0.1) is 0 Å². The van der Waals surface area contributed by atoms with E-state index in [1.54, 1.807) is 6.07 Å². The summed E-state index contributed by atoms with van der Waals surface area (Å²) in [6.45, 7) is 8.52. The molecule has 1 aromatic heterocycles. The molecule has 1 rings (SSSR count). The van der Waals surface area contributed by atoms with E-state index in [0.717, 1.165) is 5.69 Å². The minimum atomic E-state index is 0.394. The first-order valence-electron chi connectivity index (χ1n) is 6.22. The molecule has 0 aliphatic heterocycles. The molecule has 0 bridgehead atoms. The maximum Gasteiger partial charge on any atom is 0.213 e. The van der Waals surface area contributed by atoms with Crippen molar-refractivity contribution in [1.82, 2.24) is 10.3 Å². The summed E-state index contributed by atoms with van der Waals surface area (Å²) >= 11 is 6.08. The normalized spacial score (nSPS) is 10.9. The zero-order valence-electron chi connectivity index (χ0n) is 11.2. The van der Waals surface area contributed by atoms with Crippen molar-refractivity contribution in [3.05, 3.63) is 22.8 Å². The summed E-state index contributed by atoms with van der Waals surface area (Å²) in [5.74, 6) is 0.583. The number of ether oxygens (including phenoxy) is 2. The number of halogens is 1. The van der Waals surface area contributed by atoms with E-state index < -0.39 is 0 Å². The minimum absolute atomic E-state index is 0.394. The van der Waals surface area contributed by atoms with Crippen molar-refractivity contribution < 1.29 is 9.47 Å². The van der Waals surface area contributed by atoms with Gasteiger partial charge < -0.3 is 14.8 Å². The first kappa shape index (κ1) is 15.2. The quantitative estimate of drug-likeness (QED) is 0.739. The fourth-order valence-corrected chi connectivity index (χ4v) is 1.49. The van der Waals surface area contributed by atoms with Crippen LogP contribution in [-0.4, -0.2) is 30.8 Å². The lowest BCUT2D eigenvalue weighted by atomic mass is 10.3. The number of nitrogens with zero attached hydrogens (tertiary/aromatic N) is 1. The highest BCUT2D eigenvalue weighted by molar-refractivity contribution is 6.31. The van der Waals surface area contributed by atoms with Crippen molar-refractivity contribution in [2.75, 3.05) is 19.8 Å². The topological polar surface area (TPSA) is 43.4 Å². The van der Waals surface area contributed by atoms with E-state index in [9.17, 15) is 0 Å². The summed E-state index contributed by atoms with van der Waals surface area (Å²) in [4.78, 5) is 4.37. The van der Waals surface area contributed by atoms with Gasteiger partial charge in [0.05, 0.1) is 17.3 Å². The number of pyridine rings is 1. The smallest absolute Gasteiger partial charge is 0.213 e. The van der Waals surface area contributed by atoms with Crippen molar-refractivity contribution in [2.45, 2.75) is 33.4 Å². The standard InChI is InChI=1S/C13H21ClN2O2/c1-4-17-7-8-18-13-6-5-11(14)12(16-13)9-15-10(2)3/h5-6,10,15H,4,7-9H2,1-3H3. The Hall–Kier alpha value is -0.840. The third kappa shape index (κ3) is 5.67. The second-order valence-electron chi connectivity index (χ2n) is 4.16. The van der Waals surface area contributed by atoms with Gasteiger partial charge in [-0.3, -0.25) is 0 Å². The van der Waals surface area contributed by atoms with Crippen LogP contribution in [0.15, 0.2) is 12.1 Å². The Bertz CT molecular complexity index is 359. The molecule has 4 nitrogen and oxygen atoms in total. The first-order valence-corrected chi connectivity index (χ1v) is 6.60. The second-order valence-corrected chi connectivity index (χ2v) is 4.57. The van der Waals surface area contributed by atoms with Crippen LogP contribution in [0.5, 0.6) is 5.88 Å². The SMILES string of the molecule is CCOCCOc1ccc(Cl)c(CNC(C)C)n1. The molecule has 0 spiro atoms. The number of hydrogen-bond acceptors (Lipinski definition) is 4. The van der Waals surface area contributed by atoms with Crippen LogP contribution in [0.1, 0.15) is 26.5 Å². The monoisotopic (exact) mass is 272 g/mol. The van der Waals surface area contributed by atoms with Gasteiger partial charge in [0.1, 0.15) is 6.61 Å². The number of nitrogens with one attached hydrogen (secondary N) is 1. The highest BCUT2D eigenvalue weighted by Gasteiger charge is 2.05. The third-order valence-electron chi connectivity index (χ3n) is 2.25. The average molecular weight is 273 g/mol. The molecule has 5 heteroatoms. The summed E-state index contributed by atoms with van der Waals surface area (Å²) in [6.07, 6.45) is 0. The van der Waals surface area contributed by atoms with Crippen LogP contribution in [0.4, 0.5) is 0 Å². The van der Waals surface area contributed by atoms with Crippen LogP contribution in [0.3, 0.4) is 0 Å². The molecule has 0 atom stereocenters. The molecule has 0 amide bonds. The van der Waals surface area contributed by atoms with Crippen LogP contribution in [0.25, 0.3) is 0 Å². The summed E-state index contributed by atoms with van der Waals surface area (Å²) < 4.78 is 10.7. The molecular weight excluding hydrogens is 252 g/mol. The summed E-state index contributed by atoms with van der Waals surface area (Å²) in [5, 5.41) is 3.93. The number of rotatable bonds is 8. The zero-order chi connectivity index (χ0) is 13.4. The van der Waals surface area contributed by atoms with E-state index in [4.69, 9.17) is 21.1 Å². The van der Waals surface area contributed by atoms with Crippen molar-refractivity contribution in [3.8, 4) is 5.88 Å². The molecule has 0 saturated carbocycles. The van der Waals surface area contributed by atoms with Crippen LogP contribution >= 0.6 is 11.6 Å². The molecule has 0 saturated heterocycles. The molecule has 18 heavy (non-hydrogen) atoms. The molecule has 0 unspecified atom stereocenters. The molecule has 1 N–H and O–H groups in total. The Labute approximate surface area is 114 Å². The molecule has 102 valence electrons. The van der Waals surface area contributed by atoms with Crippen molar-refractivity contribution >= 4 is 11.6 Å². The zero-order valence-corrected chi connectivity index (χ0v) is 12.0. The van der Waals surface area contributed by atoms with Crippen LogP contribution in [-0.2, 0) is 11.3 Å². The van der Waals surface area contributed by atoms with Gasteiger partial charge in [0, 0.05) is 25.3 Å². The van der Waals surface area contributed by atoms with E-state index in [0.29, 0.717) is 43.3 Å². The molecule has 0 aliphatic rings. The van der Waals surface area contributed by atoms with E-state index in [1.807, 2.05) is 13.0 Å². The fourth-order valence-electron chi connectivity index (χ4n) is 1.32. The molecular formula is C13H21ClN2O2. The predicted octanol–water partition coefficient (Wildman–Crippen LogP) is 2.65. The van der Waals surface area contributed by atoms with Gasteiger partial charge in [-0.1, -0.05) is 25.4 Å². The Kier molecular flexibility index (Phi) is 7.01. The summed E-state index contributed by atoms with van der Waals surface area (Å²) in [6, 6.07) is 3.97. The van der Waals surface area contributed by atoms with Gasteiger partial charge in [-0.05, 0) is 13.0 Å². The molecule has 0 aliphatic carbocycles. The van der Waals surface area contributed by atoms with E-state index in [-0.39, 0.29) is 0 Å². The maximum absolute atomic E-state index is 6.08. The van der Waals surface area contributed by atoms with Gasteiger partial charge in [-0.2, -0.15) is 0 Å². The van der Waals surface area contributed by atoms with E-state index in [1.165, 1.54) is 0 Å². The number of aromatic nitrogens is 1. The molecule has 1 aromatic rings. The van der Waals surface area contributed by atoms with Crippen LogP contribution in [0.2, 0.25) is 5.02 Å². The average Bonchev–Trinajstić information content (AvgIpc) is 2.34. The Morgan fingerprint density at radius 2 is 2.11 bits per heavy atom. The second kappa shape index (κ2) is 8.29. The van der Waals surface area contributed by atoms with Crippen LogP contribution < -0.4 is 10.1 Å². The molecule has 0 radical (unpaired) electrons. The van der Waals surface area contributed by atoms with Gasteiger partial charge in [-0.15, -0.1) is 0 Å². The van der Waals surface area contributed by atoms with Crippen molar-refractivity contribution in [1.29, 1.82) is 0 Å². The van der Waals surface area contributed by atoms with Gasteiger partial charge >= 0.3 is 0 Å². The Morgan fingerprint density at radius 3 is 2.78 bits per heavy atom. The lowest BCUT2D eigenvalue weighted by Gasteiger charge is -2.11. The highest BCUT2D eigenvalue weighted by atomic mass is 35.5. The number of hydrogen-bond donors (Lipinski definition) is 1. The van der Waals surface area contributed by atoms with Gasteiger partial charge in [0.25, 0.3) is 0 Å². The molecule has 0 fully saturated rings. The highest BCUT2D eigenvalue weighted by Crippen LogP contribution is 2.18. The fraction of sp³-hybridized carbons (Fsp3) is 0.615. The van der Waals surface area contributed by atoms with Crippen molar-refractivity contribution in [3.63, 3.8) is 0 Å². The summed E-state index contributed by atoms with van der Waals surface area (Å²) in [7, 11) is 0. The van der Waals surface area contributed by atoms with Gasteiger partial charge in [-0.25, -0.2) is 4.98 Å². The van der Waals surface area contributed by atoms with Crippen molar-refractivity contribution in [2.24, 2.45) is 0 Å². The molecule has 1 heterocycles. The van der Waals surface area contributed by atoms with Gasteiger partial charge in [0.2, 0.25) is 5.88 Å². The Morgan fingerprint density at radius 1 is 1.33 bits per heavy atom.